The van der Waals surface area contributed by atoms with Crippen LogP contribution in [0.5, 0.6) is 11.5 Å². The van der Waals surface area contributed by atoms with Crippen molar-refractivity contribution in [3.63, 3.8) is 0 Å². The summed E-state index contributed by atoms with van der Waals surface area (Å²) in [6, 6.07) is 16.3. The van der Waals surface area contributed by atoms with Gasteiger partial charge in [-0.15, -0.1) is 0 Å². The molecule has 0 aliphatic heterocycles. The normalized spacial score (nSPS) is 15.2. The fourth-order valence-corrected chi connectivity index (χ4v) is 2.73. The third-order valence-corrected chi connectivity index (χ3v) is 4.22. The molecule has 0 unspecified atom stereocenters. The van der Waals surface area contributed by atoms with Crippen LogP contribution in [-0.4, -0.2) is 6.61 Å². The summed E-state index contributed by atoms with van der Waals surface area (Å²) < 4.78 is 11.7. The minimum absolute atomic E-state index is 0.0879. The number of rotatable bonds is 8. The summed E-state index contributed by atoms with van der Waals surface area (Å²) >= 11 is 0. The summed E-state index contributed by atoms with van der Waals surface area (Å²) in [7, 11) is 0. The predicted molar refractivity (Wildman–Crippen MR) is 92.7 cm³/mol. The Kier molecular flexibility index (Phi) is 5.19. The second kappa shape index (κ2) is 7.51. The highest BCUT2D eigenvalue weighted by atomic mass is 16.5. The maximum absolute atomic E-state index is 6.32. The molecule has 3 nitrogen and oxygen atoms in total. The van der Waals surface area contributed by atoms with E-state index in [2.05, 4.69) is 18.2 Å². The molecule has 1 saturated carbocycles. The molecule has 1 aliphatic rings. The lowest BCUT2D eigenvalue weighted by atomic mass is 10.0. The van der Waals surface area contributed by atoms with Gasteiger partial charge in [-0.05, 0) is 42.5 Å². The maximum Gasteiger partial charge on any atom is 0.161 e. The molecule has 2 aromatic carbocycles. The Balaban J connectivity index is 1.70. The summed E-state index contributed by atoms with van der Waals surface area (Å²) in [5.41, 5.74) is 8.59. The van der Waals surface area contributed by atoms with Crippen LogP contribution in [0.3, 0.4) is 0 Å². The highest BCUT2D eigenvalue weighted by molar-refractivity contribution is 5.44. The molecule has 0 bridgehead atoms. The first kappa shape index (κ1) is 15.9. The first-order valence-electron chi connectivity index (χ1n) is 8.45. The molecule has 122 valence electrons. The Morgan fingerprint density at radius 3 is 2.52 bits per heavy atom. The monoisotopic (exact) mass is 311 g/mol. The number of nitrogens with two attached hydrogens (primary N) is 1. The Morgan fingerprint density at radius 2 is 1.83 bits per heavy atom. The summed E-state index contributed by atoms with van der Waals surface area (Å²) in [4.78, 5) is 0. The number of ether oxygens (including phenoxy) is 2. The molecule has 0 spiro atoms. The van der Waals surface area contributed by atoms with Crippen molar-refractivity contribution in [1.82, 2.24) is 0 Å². The van der Waals surface area contributed by atoms with Crippen LogP contribution in [0.2, 0.25) is 0 Å². The van der Waals surface area contributed by atoms with Gasteiger partial charge < -0.3 is 15.2 Å². The molecule has 3 rings (SSSR count). The smallest absolute Gasteiger partial charge is 0.161 e. The van der Waals surface area contributed by atoms with E-state index in [1.807, 2.05) is 37.3 Å². The molecule has 0 radical (unpaired) electrons. The van der Waals surface area contributed by atoms with Crippen LogP contribution in [0, 0.1) is 5.92 Å². The Hall–Kier alpha value is -2.00. The Bertz CT molecular complexity index is 623. The lowest BCUT2D eigenvalue weighted by molar-refractivity contribution is 0.269. The molecule has 0 amide bonds. The van der Waals surface area contributed by atoms with E-state index in [1.165, 1.54) is 12.8 Å². The number of hydrogen-bond donors (Lipinski definition) is 1. The van der Waals surface area contributed by atoms with Gasteiger partial charge in [0.15, 0.2) is 11.5 Å². The Morgan fingerprint density at radius 1 is 1.04 bits per heavy atom. The van der Waals surface area contributed by atoms with Gasteiger partial charge in [0.2, 0.25) is 0 Å². The molecule has 0 saturated heterocycles. The topological polar surface area (TPSA) is 44.5 Å². The van der Waals surface area contributed by atoms with Crippen molar-refractivity contribution >= 4 is 0 Å². The van der Waals surface area contributed by atoms with Crippen LogP contribution in [0.25, 0.3) is 0 Å². The molecule has 2 aromatic rings. The highest BCUT2D eigenvalue weighted by Crippen LogP contribution is 2.38. The molecule has 1 fully saturated rings. The van der Waals surface area contributed by atoms with E-state index >= 15 is 0 Å². The van der Waals surface area contributed by atoms with E-state index in [0.29, 0.717) is 13.2 Å². The van der Waals surface area contributed by atoms with Gasteiger partial charge in [0.1, 0.15) is 6.61 Å². The number of benzene rings is 2. The quantitative estimate of drug-likeness (QED) is 0.782. The van der Waals surface area contributed by atoms with Crippen LogP contribution < -0.4 is 15.2 Å². The lowest BCUT2D eigenvalue weighted by Gasteiger charge is -2.16. The van der Waals surface area contributed by atoms with Crippen molar-refractivity contribution in [3.05, 3.63) is 59.7 Å². The van der Waals surface area contributed by atoms with Crippen LogP contribution in [-0.2, 0) is 6.61 Å². The van der Waals surface area contributed by atoms with Gasteiger partial charge in [-0.2, -0.15) is 0 Å². The minimum Gasteiger partial charge on any atom is -0.490 e. The third-order valence-electron chi connectivity index (χ3n) is 4.22. The molecule has 0 heterocycles. The average Bonchev–Trinajstić information content (AvgIpc) is 3.39. The molecular formula is C20H25NO2. The van der Waals surface area contributed by atoms with Gasteiger partial charge in [-0.3, -0.25) is 0 Å². The van der Waals surface area contributed by atoms with E-state index in [1.54, 1.807) is 0 Å². The molecule has 3 heteroatoms. The zero-order chi connectivity index (χ0) is 16.1. The zero-order valence-corrected chi connectivity index (χ0v) is 13.7. The van der Waals surface area contributed by atoms with Crippen LogP contribution in [0.4, 0.5) is 0 Å². The Labute approximate surface area is 138 Å². The van der Waals surface area contributed by atoms with E-state index < -0.39 is 0 Å². The van der Waals surface area contributed by atoms with Gasteiger partial charge in [0, 0.05) is 6.04 Å². The second-order valence-electron chi connectivity index (χ2n) is 6.20. The SMILES string of the molecule is CCOc1cc([C@H](N)CC2CC2)ccc1OCc1ccccc1. The number of hydrogen-bond acceptors (Lipinski definition) is 3. The maximum atomic E-state index is 6.32. The second-order valence-corrected chi connectivity index (χ2v) is 6.20. The van der Waals surface area contributed by atoms with Crippen molar-refractivity contribution in [2.75, 3.05) is 6.61 Å². The van der Waals surface area contributed by atoms with E-state index in [4.69, 9.17) is 15.2 Å². The first-order valence-corrected chi connectivity index (χ1v) is 8.45. The van der Waals surface area contributed by atoms with Gasteiger partial charge in [-0.1, -0.05) is 49.2 Å². The van der Waals surface area contributed by atoms with E-state index in [0.717, 1.165) is 35.0 Å². The van der Waals surface area contributed by atoms with Crippen molar-refractivity contribution in [3.8, 4) is 11.5 Å². The lowest BCUT2D eigenvalue weighted by Crippen LogP contribution is -2.11. The summed E-state index contributed by atoms with van der Waals surface area (Å²) in [6.07, 6.45) is 3.71. The molecular weight excluding hydrogens is 286 g/mol. The highest BCUT2D eigenvalue weighted by Gasteiger charge is 2.25. The van der Waals surface area contributed by atoms with Crippen molar-refractivity contribution in [2.45, 2.75) is 38.8 Å². The summed E-state index contributed by atoms with van der Waals surface area (Å²) in [5.74, 6) is 2.37. The molecule has 1 atom stereocenters. The van der Waals surface area contributed by atoms with Crippen molar-refractivity contribution in [1.29, 1.82) is 0 Å². The fraction of sp³-hybridized carbons (Fsp3) is 0.400. The van der Waals surface area contributed by atoms with Gasteiger partial charge in [-0.25, -0.2) is 0 Å². The van der Waals surface area contributed by atoms with Crippen LogP contribution >= 0.6 is 0 Å². The van der Waals surface area contributed by atoms with Crippen molar-refractivity contribution < 1.29 is 9.47 Å². The first-order chi connectivity index (χ1) is 11.3. The zero-order valence-electron chi connectivity index (χ0n) is 13.7. The summed E-state index contributed by atoms with van der Waals surface area (Å²) in [6.45, 7) is 3.13. The van der Waals surface area contributed by atoms with Crippen molar-refractivity contribution in [2.24, 2.45) is 11.7 Å². The van der Waals surface area contributed by atoms with Crippen LogP contribution in [0.15, 0.2) is 48.5 Å². The van der Waals surface area contributed by atoms with Crippen LogP contribution in [0.1, 0.15) is 43.4 Å². The standard InChI is InChI=1S/C20H25NO2/c1-2-22-20-13-17(18(21)12-15-8-9-15)10-11-19(20)23-14-16-6-4-3-5-7-16/h3-7,10-11,13,15,18H,2,8-9,12,14,21H2,1H3/t18-/m1/s1. The van der Waals surface area contributed by atoms with E-state index in [9.17, 15) is 0 Å². The van der Waals surface area contributed by atoms with Gasteiger partial charge in [0.05, 0.1) is 6.61 Å². The predicted octanol–water partition coefficient (Wildman–Crippen LogP) is 4.46. The largest absolute Gasteiger partial charge is 0.490 e. The van der Waals surface area contributed by atoms with Gasteiger partial charge >= 0.3 is 0 Å². The molecule has 0 aromatic heterocycles. The third kappa shape index (κ3) is 4.49. The average molecular weight is 311 g/mol. The molecule has 23 heavy (non-hydrogen) atoms. The molecule has 2 N–H and O–H groups in total. The summed E-state index contributed by atoms with van der Waals surface area (Å²) in [5, 5.41) is 0. The van der Waals surface area contributed by atoms with Gasteiger partial charge in [0.25, 0.3) is 0 Å². The van der Waals surface area contributed by atoms with E-state index in [-0.39, 0.29) is 6.04 Å². The fourth-order valence-electron chi connectivity index (χ4n) is 2.73. The minimum atomic E-state index is 0.0879. The molecule has 1 aliphatic carbocycles.